The minimum atomic E-state index is -4.63. The quantitative estimate of drug-likeness (QED) is 0.157. The van der Waals surface area contributed by atoms with Gasteiger partial charge in [0.25, 0.3) is 0 Å². The van der Waals surface area contributed by atoms with E-state index in [4.69, 9.17) is 0 Å². The van der Waals surface area contributed by atoms with E-state index in [1.807, 2.05) is 72.8 Å². The second-order valence-corrected chi connectivity index (χ2v) is 17.1. The first-order valence-electron chi connectivity index (χ1n) is 22.5. The molecule has 0 bridgehead atoms. The third-order valence-corrected chi connectivity index (χ3v) is 13.2. The van der Waals surface area contributed by atoms with E-state index < -0.39 is 11.7 Å². The summed E-state index contributed by atoms with van der Waals surface area (Å²) >= 11 is 0. The van der Waals surface area contributed by atoms with E-state index in [0.717, 1.165) is 88.1 Å². The molecule has 0 aliphatic heterocycles. The predicted octanol–water partition coefficient (Wildman–Crippen LogP) is 17.1. The Morgan fingerprint density at radius 1 is 0.324 bits per heavy atom. The summed E-state index contributed by atoms with van der Waals surface area (Å²) in [5.41, 5.74) is 13.5. The fourth-order valence-corrected chi connectivity index (χ4v) is 9.94. The van der Waals surface area contributed by atoms with E-state index in [-0.39, 0.29) is 0 Å². The van der Waals surface area contributed by atoms with Crippen molar-refractivity contribution in [3.05, 3.63) is 242 Å². The molecule has 0 amide bonds. The van der Waals surface area contributed by atoms with E-state index >= 15 is 13.2 Å². The lowest BCUT2D eigenvalue weighted by atomic mass is 9.96. The molecule has 0 unspecified atom stereocenters. The molecule has 3 nitrogen and oxygen atoms in total. The molecule has 0 spiro atoms. The smallest absolute Gasteiger partial charge is 0.309 e. The van der Waals surface area contributed by atoms with Crippen molar-refractivity contribution in [2.24, 2.45) is 0 Å². The van der Waals surface area contributed by atoms with Gasteiger partial charge in [-0.25, -0.2) is 0 Å². The lowest BCUT2D eigenvalue weighted by Crippen LogP contribution is -2.08. The minimum absolute atomic E-state index is 0.370. The summed E-state index contributed by atoms with van der Waals surface area (Å²) in [6, 6.07) is 77.8. The number of hydrogen-bond donors (Lipinski definition) is 0. The molecular weight excluding hydrogens is 844 g/mol. The molecule has 0 saturated heterocycles. The number of hydrogen-bond acceptors (Lipinski definition) is 1. The summed E-state index contributed by atoms with van der Waals surface area (Å²) in [4.78, 5) is 0. The Labute approximate surface area is 390 Å². The van der Waals surface area contributed by atoms with Gasteiger partial charge >= 0.3 is 6.18 Å². The van der Waals surface area contributed by atoms with Gasteiger partial charge in [0.05, 0.1) is 50.6 Å². The Bertz CT molecular complexity index is 3740. The highest BCUT2D eigenvalue weighted by atomic mass is 19.4. The van der Waals surface area contributed by atoms with Gasteiger partial charge in [-0.15, -0.1) is 0 Å². The van der Waals surface area contributed by atoms with Gasteiger partial charge in [0.2, 0.25) is 0 Å². The average molecular weight is 882 g/mol. The van der Waals surface area contributed by atoms with Gasteiger partial charge in [0, 0.05) is 32.7 Å². The molecule has 12 aromatic rings. The van der Waals surface area contributed by atoms with Crippen molar-refractivity contribution in [1.82, 2.24) is 9.13 Å². The van der Waals surface area contributed by atoms with Crippen LogP contribution in [-0.2, 0) is 6.18 Å². The van der Waals surface area contributed by atoms with Crippen LogP contribution in [0.25, 0.3) is 111 Å². The first-order valence-corrected chi connectivity index (χ1v) is 22.5. The third kappa shape index (κ3) is 6.92. The Kier molecular flexibility index (Phi) is 9.67. The zero-order chi connectivity index (χ0) is 45.9. The van der Waals surface area contributed by atoms with Gasteiger partial charge < -0.3 is 9.13 Å². The highest BCUT2D eigenvalue weighted by Gasteiger charge is 2.32. The van der Waals surface area contributed by atoms with Crippen LogP contribution in [0.2, 0.25) is 0 Å². The zero-order valence-electron chi connectivity index (χ0n) is 36.4. The summed E-state index contributed by atoms with van der Waals surface area (Å²) in [5.74, 6) is 0. The molecule has 0 radical (unpaired) electrons. The maximum Gasteiger partial charge on any atom is 0.416 e. The van der Waals surface area contributed by atoms with Gasteiger partial charge in [-0.2, -0.15) is 18.4 Å². The van der Waals surface area contributed by atoms with Crippen LogP contribution < -0.4 is 0 Å². The van der Waals surface area contributed by atoms with Crippen LogP contribution >= 0.6 is 0 Å². The normalized spacial score (nSPS) is 11.7. The first-order chi connectivity index (χ1) is 33.3. The third-order valence-electron chi connectivity index (χ3n) is 13.2. The molecule has 12 rings (SSSR count). The molecule has 0 aliphatic carbocycles. The first kappa shape index (κ1) is 40.6. The van der Waals surface area contributed by atoms with Crippen molar-refractivity contribution in [3.8, 4) is 73.1 Å². The van der Waals surface area contributed by atoms with Crippen molar-refractivity contribution < 1.29 is 13.2 Å². The van der Waals surface area contributed by atoms with Crippen molar-refractivity contribution in [1.29, 1.82) is 5.26 Å². The minimum Gasteiger partial charge on any atom is -0.309 e. The lowest BCUT2D eigenvalue weighted by molar-refractivity contribution is -0.137. The van der Waals surface area contributed by atoms with Gasteiger partial charge in [-0.1, -0.05) is 152 Å². The van der Waals surface area contributed by atoms with E-state index in [1.54, 1.807) is 24.3 Å². The summed E-state index contributed by atoms with van der Waals surface area (Å²) in [5, 5.41) is 14.3. The van der Waals surface area contributed by atoms with Crippen LogP contribution in [0.15, 0.2) is 231 Å². The van der Waals surface area contributed by atoms with Gasteiger partial charge in [-0.3, -0.25) is 0 Å². The molecule has 2 heterocycles. The number of nitriles is 1. The topological polar surface area (TPSA) is 33.6 Å². The summed E-state index contributed by atoms with van der Waals surface area (Å²) in [6.45, 7) is 0. The lowest BCUT2D eigenvalue weighted by Gasteiger charge is -2.20. The van der Waals surface area contributed by atoms with Crippen LogP contribution in [0.1, 0.15) is 11.1 Å². The fraction of sp³-hybridized carbons (Fsp3) is 0.0161. The zero-order valence-corrected chi connectivity index (χ0v) is 36.4. The van der Waals surface area contributed by atoms with Crippen LogP contribution in [-0.4, -0.2) is 9.13 Å². The second-order valence-electron chi connectivity index (χ2n) is 17.1. The Balaban J connectivity index is 1.16. The summed E-state index contributed by atoms with van der Waals surface area (Å²) in [6.07, 6.45) is -4.63. The SMILES string of the molecule is N#Cc1ccc(-c2cc(C(F)(F)F)ccc2-n2c3ccc(-c4ccccc4)cc3c3cc(-c4ccccc4)ccc32)c(-n2c3ccc(-c4ccccc4)cc3c3cc(-c4ccccc4)ccc32)c1. The largest absolute Gasteiger partial charge is 0.416 e. The van der Waals surface area contributed by atoms with Crippen molar-refractivity contribution in [3.63, 3.8) is 0 Å². The predicted molar refractivity (Wildman–Crippen MR) is 272 cm³/mol. The maximum absolute atomic E-state index is 15.1. The van der Waals surface area contributed by atoms with Crippen LogP contribution in [0.3, 0.4) is 0 Å². The van der Waals surface area contributed by atoms with E-state index in [1.165, 1.54) is 12.1 Å². The molecule has 322 valence electrons. The molecule has 6 heteroatoms. The van der Waals surface area contributed by atoms with E-state index in [9.17, 15) is 5.26 Å². The average Bonchev–Trinajstić information content (AvgIpc) is 3.90. The maximum atomic E-state index is 15.1. The molecular formula is C62H38F3N3. The van der Waals surface area contributed by atoms with Crippen LogP contribution in [0.5, 0.6) is 0 Å². The van der Waals surface area contributed by atoms with Gasteiger partial charge in [0.1, 0.15) is 0 Å². The molecule has 10 aromatic carbocycles. The molecule has 0 N–H and O–H groups in total. The fourth-order valence-electron chi connectivity index (χ4n) is 9.94. The van der Waals surface area contributed by atoms with Crippen molar-refractivity contribution in [2.75, 3.05) is 0 Å². The molecule has 0 aliphatic rings. The van der Waals surface area contributed by atoms with Gasteiger partial charge in [-0.05, 0) is 123 Å². The molecule has 2 aromatic heterocycles. The number of benzene rings is 10. The number of alkyl halides is 3. The molecule has 0 fully saturated rings. The second kappa shape index (κ2) is 16.2. The summed E-state index contributed by atoms with van der Waals surface area (Å²) in [7, 11) is 0. The Morgan fingerprint density at radius 3 is 1.04 bits per heavy atom. The Morgan fingerprint density at radius 2 is 0.691 bits per heavy atom. The van der Waals surface area contributed by atoms with Crippen LogP contribution in [0.4, 0.5) is 13.2 Å². The monoisotopic (exact) mass is 881 g/mol. The highest BCUT2D eigenvalue weighted by Crippen LogP contribution is 2.45. The molecule has 68 heavy (non-hydrogen) atoms. The van der Waals surface area contributed by atoms with Crippen LogP contribution in [0, 0.1) is 11.3 Å². The standard InChI is InChI=1S/C62H38F3N3/c63-62(64,65)49-26-32-60(67-56-28-22-45(41-13-5-1-6-14-41)34-51(56)52-35-46(23-29-57(52)67)42-15-7-2-8-16-42)55(38-49)50-27-21-40(39-66)33-61(50)68-58-30-24-47(43-17-9-3-10-18-43)36-53(58)54-37-48(25-31-59(54)68)44-19-11-4-12-20-44/h1-38H. The molecule has 0 saturated carbocycles. The number of rotatable bonds is 7. The van der Waals surface area contributed by atoms with Crippen molar-refractivity contribution in [2.45, 2.75) is 6.18 Å². The van der Waals surface area contributed by atoms with Crippen molar-refractivity contribution >= 4 is 43.6 Å². The number of aromatic nitrogens is 2. The van der Waals surface area contributed by atoms with Gasteiger partial charge in [0.15, 0.2) is 0 Å². The number of fused-ring (bicyclic) bond motifs is 6. The Hall–Kier alpha value is -8.92. The number of halogens is 3. The highest BCUT2D eigenvalue weighted by molar-refractivity contribution is 6.14. The number of nitrogens with zero attached hydrogens (tertiary/aromatic N) is 3. The van der Waals surface area contributed by atoms with E-state index in [0.29, 0.717) is 28.1 Å². The van der Waals surface area contributed by atoms with E-state index in [2.05, 4.69) is 137 Å². The summed E-state index contributed by atoms with van der Waals surface area (Å²) < 4.78 is 49.5. The molecule has 0 atom stereocenters.